The predicted octanol–water partition coefficient (Wildman–Crippen LogP) is 7.45. The van der Waals surface area contributed by atoms with Crippen molar-refractivity contribution >= 4 is 11.8 Å². The van der Waals surface area contributed by atoms with Gasteiger partial charge in [-0.15, -0.1) is 0 Å². The minimum Gasteiger partial charge on any atom is -0.287 e. The quantitative estimate of drug-likeness (QED) is 0.453. The van der Waals surface area contributed by atoms with Crippen LogP contribution in [0.15, 0.2) is 43.0 Å². The number of allylic oxidation sites excluding steroid dienone is 1. The minimum absolute atomic E-state index is 0.0257. The molecule has 0 aliphatic carbocycles. The zero-order chi connectivity index (χ0) is 23.7. The fourth-order valence-corrected chi connectivity index (χ4v) is 3.46. The van der Waals surface area contributed by atoms with E-state index in [0.717, 1.165) is 35.0 Å². The van der Waals surface area contributed by atoms with Gasteiger partial charge < -0.3 is 0 Å². The molecule has 0 aliphatic heterocycles. The van der Waals surface area contributed by atoms with E-state index in [-0.39, 0.29) is 5.41 Å². The number of thioether (sulfide) groups is 1. The molecule has 0 bridgehead atoms. The van der Waals surface area contributed by atoms with E-state index in [1.165, 1.54) is 6.42 Å². The van der Waals surface area contributed by atoms with E-state index in [4.69, 9.17) is 4.98 Å². The molecule has 0 spiro atoms. The van der Waals surface area contributed by atoms with Gasteiger partial charge in [-0.3, -0.25) is 9.99 Å². The van der Waals surface area contributed by atoms with Gasteiger partial charge in [0.05, 0.1) is 11.9 Å². The van der Waals surface area contributed by atoms with Crippen molar-refractivity contribution in [2.75, 3.05) is 24.1 Å². The lowest BCUT2D eigenvalue weighted by Gasteiger charge is -2.34. The van der Waals surface area contributed by atoms with Crippen LogP contribution in [0.25, 0.3) is 11.3 Å². The average molecular weight is 435 g/mol. The highest BCUT2D eigenvalue weighted by Gasteiger charge is 2.26. The zero-order valence-corrected chi connectivity index (χ0v) is 22.2. The molecule has 2 aromatic heterocycles. The van der Waals surface area contributed by atoms with Crippen LogP contribution in [-0.4, -0.2) is 33.7 Å². The fraction of sp³-hybridized carbons (Fsp3) is 0.600. The molecule has 0 atom stereocenters. The third-order valence-electron chi connectivity index (χ3n) is 4.03. The van der Waals surface area contributed by atoms with Gasteiger partial charge >= 0.3 is 0 Å². The Labute approximate surface area is 191 Å². The summed E-state index contributed by atoms with van der Waals surface area (Å²) in [6.45, 7) is 23.2. The normalized spacial score (nSPS) is 9.83. The smallest absolute Gasteiger partial charge is 0.128 e. The molecule has 30 heavy (non-hydrogen) atoms. The molecule has 0 amide bonds. The first kappa shape index (κ1) is 30.4. The summed E-state index contributed by atoms with van der Waals surface area (Å²) in [4.78, 5) is 8.95. The van der Waals surface area contributed by atoms with Gasteiger partial charge in [0.25, 0.3) is 0 Å². The van der Waals surface area contributed by atoms with Gasteiger partial charge in [0, 0.05) is 48.3 Å². The molecule has 2 aromatic rings. The molecule has 0 saturated heterocycles. The maximum atomic E-state index is 4.77. The second-order valence-corrected chi connectivity index (χ2v) is 7.84. The van der Waals surface area contributed by atoms with Gasteiger partial charge in [0.1, 0.15) is 5.82 Å². The van der Waals surface area contributed by atoms with Crippen molar-refractivity contribution in [2.24, 2.45) is 5.41 Å². The Hall–Kier alpha value is -1.75. The Morgan fingerprint density at radius 2 is 1.73 bits per heavy atom. The van der Waals surface area contributed by atoms with Crippen molar-refractivity contribution in [3.05, 3.63) is 48.8 Å². The Kier molecular flexibility index (Phi) is 17.2. The molecule has 2 rings (SSSR count). The number of pyridine rings is 1. The summed E-state index contributed by atoms with van der Waals surface area (Å²) in [7, 11) is 2.05. The third-order valence-corrected chi connectivity index (χ3v) is 5.04. The Balaban J connectivity index is 0. The number of hydrogen-bond acceptors (Lipinski definition) is 4. The molecule has 0 aliphatic rings. The van der Waals surface area contributed by atoms with E-state index in [1.54, 1.807) is 6.20 Å². The second kappa shape index (κ2) is 17.0. The molecular formula is C25H46N4S. The number of hydrogen-bond donors (Lipinski definition) is 0. The average Bonchev–Trinajstić information content (AvgIpc) is 3.21. The number of nitrogens with zero attached hydrogens (tertiary/aromatic N) is 4. The van der Waals surface area contributed by atoms with Gasteiger partial charge in [0.15, 0.2) is 0 Å². The maximum absolute atomic E-state index is 4.77. The van der Waals surface area contributed by atoms with Crippen molar-refractivity contribution in [2.45, 2.75) is 75.2 Å². The van der Waals surface area contributed by atoms with E-state index in [9.17, 15) is 0 Å². The van der Waals surface area contributed by atoms with Crippen molar-refractivity contribution < 1.29 is 0 Å². The molecule has 5 heteroatoms. The lowest BCUT2D eigenvalue weighted by atomic mass is 9.92. The highest BCUT2D eigenvalue weighted by molar-refractivity contribution is 7.98. The van der Waals surface area contributed by atoms with E-state index in [1.807, 2.05) is 57.8 Å². The topological polar surface area (TPSA) is 34.0 Å². The van der Waals surface area contributed by atoms with Crippen LogP contribution in [0.5, 0.6) is 0 Å². The Morgan fingerprint density at radius 3 is 2.17 bits per heavy atom. The molecule has 0 radical (unpaired) electrons. The summed E-state index contributed by atoms with van der Waals surface area (Å²) >= 11 is 1.84. The molecule has 0 fully saturated rings. The first-order valence-electron chi connectivity index (χ1n) is 11.2. The second-order valence-electron chi connectivity index (χ2n) is 6.98. The van der Waals surface area contributed by atoms with Crippen LogP contribution in [0.3, 0.4) is 0 Å². The van der Waals surface area contributed by atoms with Crippen molar-refractivity contribution in [1.29, 1.82) is 0 Å². The third kappa shape index (κ3) is 9.38. The van der Waals surface area contributed by atoms with Crippen LogP contribution >= 0.6 is 11.8 Å². The van der Waals surface area contributed by atoms with Crippen LogP contribution in [-0.2, 0) is 6.42 Å². The fourth-order valence-electron chi connectivity index (χ4n) is 2.58. The highest BCUT2D eigenvalue weighted by atomic mass is 32.2. The Morgan fingerprint density at radius 1 is 1.17 bits per heavy atom. The van der Waals surface area contributed by atoms with E-state index in [0.29, 0.717) is 0 Å². The molecule has 0 N–H and O–H groups in total. The number of imidazole rings is 1. The molecule has 4 nitrogen and oxygen atoms in total. The van der Waals surface area contributed by atoms with Crippen molar-refractivity contribution in [1.82, 2.24) is 14.6 Å². The molecular weight excluding hydrogens is 388 g/mol. The van der Waals surface area contributed by atoms with Gasteiger partial charge in [-0.25, -0.2) is 9.66 Å². The first-order chi connectivity index (χ1) is 14.3. The van der Waals surface area contributed by atoms with Crippen molar-refractivity contribution in [3.63, 3.8) is 0 Å². The van der Waals surface area contributed by atoms with Crippen LogP contribution < -0.4 is 5.01 Å². The molecule has 172 valence electrons. The van der Waals surface area contributed by atoms with Gasteiger partial charge in [-0.2, -0.15) is 11.8 Å². The van der Waals surface area contributed by atoms with E-state index < -0.39 is 0 Å². The van der Waals surface area contributed by atoms with Crippen LogP contribution in [0.2, 0.25) is 0 Å². The summed E-state index contributed by atoms with van der Waals surface area (Å²) < 4.78 is 2.10. The predicted molar refractivity (Wildman–Crippen MR) is 139 cm³/mol. The SMILES string of the molecule is C=C(N(C)n1cc(-c2cccnc2)nc1CC)C(C)(C)CSC.CC.CC.CCC. The van der Waals surface area contributed by atoms with Crippen LogP contribution in [0, 0.1) is 5.41 Å². The summed E-state index contributed by atoms with van der Waals surface area (Å²) in [5.41, 5.74) is 3.08. The van der Waals surface area contributed by atoms with Crippen LogP contribution in [0.4, 0.5) is 0 Å². The largest absolute Gasteiger partial charge is 0.287 e. The van der Waals surface area contributed by atoms with E-state index in [2.05, 4.69) is 75.4 Å². The summed E-state index contributed by atoms with van der Waals surface area (Å²) in [5, 5.41) is 2.11. The van der Waals surface area contributed by atoms with Gasteiger partial charge in [0.2, 0.25) is 0 Å². The van der Waals surface area contributed by atoms with Crippen LogP contribution in [0.1, 0.15) is 74.6 Å². The molecule has 0 saturated carbocycles. The molecule has 0 aromatic carbocycles. The number of rotatable bonds is 7. The molecule has 2 heterocycles. The van der Waals surface area contributed by atoms with E-state index >= 15 is 0 Å². The lowest BCUT2D eigenvalue weighted by Crippen LogP contribution is -2.37. The number of aromatic nitrogens is 3. The van der Waals surface area contributed by atoms with Crippen molar-refractivity contribution in [3.8, 4) is 11.3 Å². The first-order valence-corrected chi connectivity index (χ1v) is 12.6. The van der Waals surface area contributed by atoms with Gasteiger partial charge in [-0.1, -0.05) is 75.3 Å². The minimum atomic E-state index is 0.0257. The summed E-state index contributed by atoms with van der Waals surface area (Å²) in [6, 6.07) is 3.97. The summed E-state index contributed by atoms with van der Waals surface area (Å²) in [5.74, 6) is 2.05. The Bertz CT molecular complexity index is 678. The molecule has 0 unspecified atom stereocenters. The monoisotopic (exact) mass is 434 g/mol. The maximum Gasteiger partial charge on any atom is 0.128 e. The number of aryl methyl sites for hydroxylation is 1. The zero-order valence-electron chi connectivity index (χ0n) is 21.4. The van der Waals surface area contributed by atoms with Gasteiger partial charge in [-0.05, 0) is 18.4 Å². The lowest BCUT2D eigenvalue weighted by molar-refractivity contribution is 0.468. The standard InChI is InChI=1S/C18H26N4S.C3H8.2C2H6/c1-7-17-20-16(15-9-8-10-19-11-15)12-22(17)21(5)14(2)18(3,4)13-23-6;1-3-2;2*1-2/h8-12H,2,7,13H2,1,3-6H3;3H2,1-2H3;2*1-2H3. The summed E-state index contributed by atoms with van der Waals surface area (Å²) in [6.07, 6.45) is 9.93. The highest BCUT2D eigenvalue weighted by Crippen LogP contribution is 2.30.